The lowest BCUT2D eigenvalue weighted by atomic mass is 9.95. The zero-order chi connectivity index (χ0) is 17.0. The molecule has 1 atom stereocenters. The van der Waals surface area contributed by atoms with Crippen LogP contribution in [-0.2, 0) is 4.79 Å². The summed E-state index contributed by atoms with van der Waals surface area (Å²) in [5, 5.41) is 13.3. The lowest BCUT2D eigenvalue weighted by Gasteiger charge is -2.33. The molecule has 0 spiro atoms. The highest BCUT2D eigenvalue weighted by Crippen LogP contribution is 2.29. The quantitative estimate of drug-likeness (QED) is 0.887. The van der Waals surface area contributed by atoms with Crippen molar-refractivity contribution in [2.75, 3.05) is 19.6 Å². The zero-order valence-electron chi connectivity index (χ0n) is 14.0. The molecule has 1 aromatic rings. The average molecular weight is 330 g/mol. The van der Waals surface area contributed by atoms with E-state index in [9.17, 15) is 14.7 Å². The van der Waals surface area contributed by atoms with Gasteiger partial charge < -0.3 is 15.3 Å². The van der Waals surface area contributed by atoms with Crippen LogP contribution in [0.4, 0.5) is 0 Å². The van der Waals surface area contributed by atoms with Crippen molar-refractivity contribution >= 4 is 11.8 Å². The van der Waals surface area contributed by atoms with Crippen LogP contribution in [0.5, 0.6) is 0 Å². The highest BCUT2D eigenvalue weighted by molar-refractivity contribution is 5.94. The normalized spacial score (nSPS) is 23.0. The molecular weight excluding hydrogens is 304 g/mol. The van der Waals surface area contributed by atoms with Crippen LogP contribution in [0.25, 0.3) is 0 Å². The minimum Gasteiger partial charge on any atom is -0.388 e. The van der Waals surface area contributed by atoms with Crippen LogP contribution in [0.2, 0.25) is 0 Å². The lowest BCUT2D eigenvalue weighted by molar-refractivity contribution is -0.127. The number of piperidine rings is 1. The molecule has 1 unspecified atom stereocenters. The molecule has 1 aromatic carbocycles. The number of carbonyl (C=O) groups excluding carboxylic acids is 2. The first kappa shape index (κ1) is 17.0. The number of nitrogens with one attached hydrogen (secondary N) is 1. The van der Waals surface area contributed by atoms with Gasteiger partial charge in [0, 0.05) is 25.2 Å². The molecular formula is C19H26N2O3. The molecule has 0 aromatic heterocycles. The number of rotatable bonds is 4. The van der Waals surface area contributed by atoms with Gasteiger partial charge in [-0.3, -0.25) is 9.59 Å². The highest BCUT2D eigenvalue weighted by atomic mass is 16.3. The SMILES string of the molecule is O=C(NCC1(O)CCCC1)C1CCCN(C(=O)c2ccccc2)C1. The number of carbonyl (C=O) groups is 2. The van der Waals surface area contributed by atoms with Gasteiger partial charge >= 0.3 is 0 Å². The van der Waals surface area contributed by atoms with Gasteiger partial charge in [-0.15, -0.1) is 0 Å². The molecule has 1 saturated carbocycles. The molecule has 2 aliphatic rings. The van der Waals surface area contributed by atoms with Crippen molar-refractivity contribution in [2.24, 2.45) is 5.92 Å². The molecule has 24 heavy (non-hydrogen) atoms. The summed E-state index contributed by atoms with van der Waals surface area (Å²) in [6.45, 7) is 1.48. The van der Waals surface area contributed by atoms with E-state index in [0.29, 0.717) is 25.2 Å². The van der Waals surface area contributed by atoms with Crippen LogP contribution in [-0.4, -0.2) is 47.1 Å². The van der Waals surface area contributed by atoms with Crippen LogP contribution >= 0.6 is 0 Å². The van der Waals surface area contributed by atoms with E-state index in [1.165, 1.54) is 0 Å². The second-order valence-electron chi connectivity index (χ2n) is 7.11. The van der Waals surface area contributed by atoms with Gasteiger partial charge in [0.15, 0.2) is 0 Å². The van der Waals surface area contributed by atoms with Crippen LogP contribution in [0.1, 0.15) is 48.9 Å². The number of aliphatic hydroxyl groups is 1. The minimum absolute atomic E-state index is 0.0116. The Morgan fingerprint density at radius 2 is 1.88 bits per heavy atom. The van der Waals surface area contributed by atoms with Crippen molar-refractivity contribution in [3.63, 3.8) is 0 Å². The molecule has 2 N–H and O–H groups in total. The van der Waals surface area contributed by atoms with Crippen molar-refractivity contribution in [1.82, 2.24) is 10.2 Å². The van der Waals surface area contributed by atoms with Crippen molar-refractivity contribution in [3.05, 3.63) is 35.9 Å². The number of benzene rings is 1. The van der Waals surface area contributed by atoms with E-state index in [-0.39, 0.29) is 17.7 Å². The third-order valence-electron chi connectivity index (χ3n) is 5.23. The maximum Gasteiger partial charge on any atom is 0.253 e. The Balaban J connectivity index is 1.55. The van der Waals surface area contributed by atoms with Gasteiger partial charge in [0.05, 0.1) is 11.5 Å². The summed E-state index contributed by atoms with van der Waals surface area (Å²) in [5.41, 5.74) is -0.0667. The van der Waals surface area contributed by atoms with E-state index >= 15 is 0 Å². The minimum atomic E-state index is -0.732. The molecule has 3 rings (SSSR count). The number of likely N-dealkylation sites (tertiary alicyclic amines) is 1. The van der Waals surface area contributed by atoms with Gasteiger partial charge in [-0.05, 0) is 37.8 Å². The van der Waals surface area contributed by atoms with Crippen molar-refractivity contribution in [2.45, 2.75) is 44.1 Å². The fourth-order valence-electron chi connectivity index (χ4n) is 3.74. The predicted octanol–water partition coefficient (Wildman–Crippen LogP) is 1.96. The molecule has 5 heteroatoms. The molecule has 2 fully saturated rings. The topological polar surface area (TPSA) is 69.6 Å². The smallest absolute Gasteiger partial charge is 0.253 e. The van der Waals surface area contributed by atoms with Gasteiger partial charge in [-0.25, -0.2) is 0 Å². The Hall–Kier alpha value is -1.88. The largest absolute Gasteiger partial charge is 0.388 e. The number of amides is 2. The third kappa shape index (κ3) is 3.96. The van der Waals surface area contributed by atoms with Gasteiger partial charge in [0.2, 0.25) is 5.91 Å². The first-order valence-electron chi connectivity index (χ1n) is 8.92. The fourth-order valence-corrected chi connectivity index (χ4v) is 3.74. The van der Waals surface area contributed by atoms with Gasteiger partial charge in [-0.2, -0.15) is 0 Å². The lowest BCUT2D eigenvalue weighted by Crippen LogP contribution is -2.48. The van der Waals surface area contributed by atoms with Gasteiger partial charge in [-0.1, -0.05) is 31.0 Å². The molecule has 0 bridgehead atoms. The van der Waals surface area contributed by atoms with E-state index in [2.05, 4.69) is 5.32 Å². The monoisotopic (exact) mass is 330 g/mol. The van der Waals surface area contributed by atoms with Crippen molar-refractivity contribution in [3.8, 4) is 0 Å². The van der Waals surface area contributed by atoms with Crippen LogP contribution in [0.15, 0.2) is 30.3 Å². The molecule has 1 aliphatic carbocycles. The first-order chi connectivity index (χ1) is 11.6. The van der Waals surface area contributed by atoms with Gasteiger partial charge in [0.25, 0.3) is 5.91 Å². The number of hydrogen-bond acceptors (Lipinski definition) is 3. The average Bonchev–Trinajstić information content (AvgIpc) is 3.07. The molecule has 1 heterocycles. The summed E-state index contributed by atoms with van der Waals surface area (Å²) >= 11 is 0. The summed E-state index contributed by atoms with van der Waals surface area (Å²) in [6.07, 6.45) is 5.20. The van der Waals surface area contributed by atoms with Crippen molar-refractivity contribution < 1.29 is 14.7 Å². The number of hydrogen-bond donors (Lipinski definition) is 2. The van der Waals surface area contributed by atoms with Crippen LogP contribution < -0.4 is 5.32 Å². The molecule has 1 saturated heterocycles. The summed E-state index contributed by atoms with van der Waals surface area (Å²) in [6, 6.07) is 9.20. The molecule has 2 amide bonds. The van der Waals surface area contributed by atoms with Crippen molar-refractivity contribution in [1.29, 1.82) is 0 Å². The molecule has 1 aliphatic heterocycles. The van der Waals surface area contributed by atoms with E-state index in [1.54, 1.807) is 4.90 Å². The van der Waals surface area contributed by atoms with E-state index in [1.807, 2.05) is 30.3 Å². The van der Waals surface area contributed by atoms with E-state index in [0.717, 1.165) is 38.5 Å². The molecule has 130 valence electrons. The first-order valence-corrected chi connectivity index (χ1v) is 8.92. The second kappa shape index (κ2) is 7.34. The van der Waals surface area contributed by atoms with Crippen LogP contribution in [0.3, 0.4) is 0 Å². The maximum atomic E-state index is 12.5. The number of nitrogens with zero attached hydrogens (tertiary/aromatic N) is 1. The Morgan fingerprint density at radius 3 is 2.58 bits per heavy atom. The highest BCUT2D eigenvalue weighted by Gasteiger charge is 2.33. The second-order valence-corrected chi connectivity index (χ2v) is 7.11. The summed E-state index contributed by atoms with van der Waals surface area (Å²) in [5.74, 6) is -0.236. The third-order valence-corrected chi connectivity index (χ3v) is 5.23. The molecule has 5 nitrogen and oxygen atoms in total. The Kier molecular flexibility index (Phi) is 5.19. The maximum absolute atomic E-state index is 12.5. The fraction of sp³-hybridized carbons (Fsp3) is 0.579. The summed E-state index contributed by atoms with van der Waals surface area (Å²) in [7, 11) is 0. The van der Waals surface area contributed by atoms with Crippen LogP contribution in [0, 0.1) is 5.92 Å². The van der Waals surface area contributed by atoms with E-state index in [4.69, 9.17) is 0 Å². The predicted molar refractivity (Wildman–Crippen MR) is 91.5 cm³/mol. The molecule has 0 radical (unpaired) electrons. The summed E-state index contributed by atoms with van der Waals surface area (Å²) < 4.78 is 0. The standard InChI is InChI=1S/C19H26N2O3/c22-17(20-14-19(24)10-4-5-11-19)16-9-6-12-21(13-16)18(23)15-7-2-1-3-8-15/h1-3,7-8,16,24H,4-6,9-14H2,(H,20,22). The Morgan fingerprint density at radius 1 is 1.17 bits per heavy atom. The van der Waals surface area contributed by atoms with Gasteiger partial charge in [0.1, 0.15) is 0 Å². The van der Waals surface area contributed by atoms with E-state index < -0.39 is 5.60 Å². The Bertz CT molecular complexity index is 582. The zero-order valence-corrected chi connectivity index (χ0v) is 14.0. The Labute approximate surface area is 143 Å². The summed E-state index contributed by atoms with van der Waals surface area (Å²) in [4.78, 5) is 26.8.